The summed E-state index contributed by atoms with van der Waals surface area (Å²) in [7, 11) is 0. The van der Waals surface area contributed by atoms with Crippen molar-refractivity contribution in [3.63, 3.8) is 0 Å². The molecule has 0 spiro atoms. The molecule has 2 aromatic rings. The smallest absolute Gasteiger partial charge is 0.190 e. The fraction of sp³-hybridized carbons (Fsp3) is 0.333. The van der Waals surface area contributed by atoms with Crippen LogP contribution in [0.25, 0.3) is 0 Å². The molecule has 1 aromatic heterocycles. The highest BCUT2D eigenvalue weighted by molar-refractivity contribution is 7.17. The van der Waals surface area contributed by atoms with Crippen LogP contribution in [0.5, 0.6) is 0 Å². The largest absolute Gasteiger partial charge is 0.315 e. The molecule has 0 radical (unpaired) electrons. The van der Waals surface area contributed by atoms with Crippen LogP contribution in [0.1, 0.15) is 35.1 Å². The summed E-state index contributed by atoms with van der Waals surface area (Å²) >= 11 is 1.38. The van der Waals surface area contributed by atoms with E-state index in [9.17, 15) is 9.18 Å². The van der Waals surface area contributed by atoms with Gasteiger partial charge in [0.1, 0.15) is 5.82 Å². The molecule has 0 unspecified atom stereocenters. The predicted molar refractivity (Wildman–Crippen MR) is 78.5 cm³/mol. The van der Waals surface area contributed by atoms with Crippen molar-refractivity contribution in [2.75, 3.05) is 11.4 Å². The number of para-hydroxylation sites is 1. The Labute approximate surface area is 121 Å². The second kappa shape index (κ2) is 5.32. The standard InChI is InChI=1S/C15H15FN2OS/c1-2-18(12-8-4-3-6-10(12)16)15-17-11-7-5-9-13(19)14(11)20-15/h3-4,6,8H,2,5,7,9H2,1H3. The Kier molecular flexibility index (Phi) is 3.53. The van der Waals surface area contributed by atoms with Crippen LogP contribution >= 0.6 is 11.3 Å². The van der Waals surface area contributed by atoms with E-state index in [1.54, 1.807) is 18.2 Å². The number of carbonyl (C=O) groups is 1. The Morgan fingerprint density at radius 1 is 1.35 bits per heavy atom. The zero-order chi connectivity index (χ0) is 14.1. The highest BCUT2D eigenvalue weighted by Gasteiger charge is 2.25. The lowest BCUT2D eigenvalue weighted by molar-refractivity contribution is 0.0976. The topological polar surface area (TPSA) is 33.2 Å². The fourth-order valence-corrected chi connectivity index (χ4v) is 3.61. The fourth-order valence-electron chi connectivity index (χ4n) is 2.45. The maximum Gasteiger partial charge on any atom is 0.190 e. The number of fused-ring (bicyclic) bond motifs is 1. The number of hydrogen-bond acceptors (Lipinski definition) is 4. The summed E-state index contributed by atoms with van der Waals surface area (Å²) in [5, 5.41) is 0.706. The normalized spacial score (nSPS) is 14.2. The van der Waals surface area contributed by atoms with Crippen molar-refractivity contribution < 1.29 is 9.18 Å². The summed E-state index contributed by atoms with van der Waals surface area (Å²) in [5.41, 5.74) is 1.38. The van der Waals surface area contributed by atoms with Gasteiger partial charge in [0.25, 0.3) is 0 Å². The van der Waals surface area contributed by atoms with Crippen molar-refractivity contribution in [2.45, 2.75) is 26.2 Å². The number of ketones is 1. The van der Waals surface area contributed by atoms with Crippen LogP contribution in [0.2, 0.25) is 0 Å². The Morgan fingerprint density at radius 2 is 2.15 bits per heavy atom. The van der Waals surface area contributed by atoms with Gasteiger partial charge in [0.15, 0.2) is 10.9 Å². The molecule has 0 bridgehead atoms. The van der Waals surface area contributed by atoms with Gasteiger partial charge in [0, 0.05) is 13.0 Å². The zero-order valence-corrected chi connectivity index (χ0v) is 12.0. The number of aryl methyl sites for hydroxylation is 1. The van der Waals surface area contributed by atoms with E-state index < -0.39 is 0 Å². The van der Waals surface area contributed by atoms with Gasteiger partial charge in [-0.15, -0.1) is 0 Å². The Balaban J connectivity index is 2.03. The number of hydrogen-bond donors (Lipinski definition) is 0. The van der Waals surface area contributed by atoms with Gasteiger partial charge in [-0.05, 0) is 31.9 Å². The number of rotatable bonds is 3. The number of anilines is 2. The molecule has 104 valence electrons. The lowest BCUT2D eigenvalue weighted by Crippen LogP contribution is -2.17. The number of Topliss-reactive ketones (excluding diaryl/α,β-unsaturated/α-hetero) is 1. The first-order chi connectivity index (χ1) is 9.70. The quantitative estimate of drug-likeness (QED) is 0.858. The zero-order valence-electron chi connectivity index (χ0n) is 11.2. The number of carbonyl (C=O) groups excluding carboxylic acids is 1. The number of nitrogens with zero attached hydrogens (tertiary/aromatic N) is 2. The van der Waals surface area contributed by atoms with E-state index in [2.05, 4.69) is 4.98 Å². The molecule has 0 aliphatic heterocycles. The first-order valence-electron chi connectivity index (χ1n) is 6.75. The van der Waals surface area contributed by atoms with Crippen LogP contribution in [-0.4, -0.2) is 17.3 Å². The van der Waals surface area contributed by atoms with Crippen molar-refractivity contribution in [2.24, 2.45) is 0 Å². The van der Waals surface area contributed by atoms with Gasteiger partial charge < -0.3 is 4.90 Å². The average molecular weight is 290 g/mol. The minimum Gasteiger partial charge on any atom is -0.315 e. The molecule has 1 aromatic carbocycles. The summed E-state index contributed by atoms with van der Waals surface area (Å²) in [4.78, 5) is 19.0. The molecule has 3 rings (SSSR count). The summed E-state index contributed by atoms with van der Waals surface area (Å²) in [6.07, 6.45) is 2.30. The molecule has 0 atom stereocenters. The number of benzene rings is 1. The molecule has 1 aliphatic carbocycles. The SMILES string of the molecule is CCN(c1nc2c(s1)C(=O)CCC2)c1ccccc1F. The highest BCUT2D eigenvalue weighted by atomic mass is 32.1. The van der Waals surface area contributed by atoms with Crippen molar-refractivity contribution in [1.82, 2.24) is 4.98 Å². The third kappa shape index (κ3) is 2.22. The molecular formula is C15H15FN2OS. The van der Waals surface area contributed by atoms with E-state index >= 15 is 0 Å². The molecule has 5 heteroatoms. The van der Waals surface area contributed by atoms with Gasteiger partial charge in [0.2, 0.25) is 0 Å². The van der Waals surface area contributed by atoms with Crippen molar-refractivity contribution in [3.8, 4) is 0 Å². The maximum atomic E-state index is 13.9. The van der Waals surface area contributed by atoms with Crippen molar-refractivity contribution in [1.29, 1.82) is 0 Å². The van der Waals surface area contributed by atoms with Gasteiger partial charge in [-0.2, -0.15) is 0 Å². The molecular weight excluding hydrogens is 275 g/mol. The molecule has 1 aliphatic rings. The van der Waals surface area contributed by atoms with Gasteiger partial charge in [-0.25, -0.2) is 9.37 Å². The highest BCUT2D eigenvalue weighted by Crippen LogP contribution is 2.35. The van der Waals surface area contributed by atoms with Crippen LogP contribution in [0.4, 0.5) is 15.2 Å². The van der Waals surface area contributed by atoms with E-state index in [4.69, 9.17) is 0 Å². The maximum absolute atomic E-state index is 13.9. The molecule has 20 heavy (non-hydrogen) atoms. The molecule has 0 fully saturated rings. The van der Waals surface area contributed by atoms with Gasteiger partial charge in [-0.3, -0.25) is 4.79 Å². The monoisotopic (exact) mass is 290 g/mol. The third-order valence-electron chi connectivity index (χ3n) is 3.45. The molecule has 0 saturated heterocycles. The van der Waals surface area contributed by atoms with E-state index in [1.165, 1.54) is 17.4 Å². The van der Waals surface area contributed by atoms with Gasteiger partial charge in [-0.1, -0.05) is 23.5 Å². The van der Waals surface area contributed by atoms with E-state index in [1.807, 2.05) is 11.8 Å². The Bertz CT molecular complexity index is 653. The average Bonchev–Trinajstić information content (AvgIpc) is 2.87. The lowest BCUT2D eigenvalue weighted by Gasteiger charge is -2.20. The number of aromatic nitrogens is 1. The molecule has 0 amide bonds. The summed E-state index contributed by atoms with van der Waals surface area (Å²) < 4.78 is 13.9. The van der Waals surface area contributed by atoms with Crippen LogP contribution in [-0.2, 0) is 6.42 Å². The lowest BCUT2D eigenvalue weighted by atomic mass is 10.0. The molecule has 0 N–H and O–H groups in total. The second-order valence-corrected chi connectivity index (χ2v) is 5.72. The minimum absolute atomic E-state index is 0.166. The first-order valence-corrected chi connectivity index (χ1v) is 7.57. The van der Waals surface area contributed by atoms with Crippen LogP contribution in [0.3, 0.4) is 0 Å². The Morgan fingerprint density at radius 3 is 2.85 bits per heavy atom. The van der Waals surface area contributed by atoms with Crippen LogP contribution < -0.4 is 4.90 Å². The van der Waals surface area contributed by atoms with Crippen molar-refractivity contribution >= 4 is 27.9 Å². The predicted octanol–water partition coefficient (Wildman–Crippen LogP) is 3.96. The summed E-state index contributed by atoms with van der Waals surface area (Å²) in [6.45, 7) is 2.57. The van der Waals surface area contributed by atoms with Gasteiger partial charge in [0.05, 0.1) is 16.3 Å². The Hall–Kier alpha value is -1.75. The minimum atomic E-state index is -0.270. The third-order valence-corrected chi connectivity index (χ3v) is 4.61. The van der Waals surface area contributed by atoms with Crippen LogP contribution in [0.15, 0.2) is 24.3 Å². The molecule has 0 saturated carbocycles. The second-order valence-electron chi connectivity index (χ2n) is 4.74. The number of halogens is 1. The summed E-state index contributed by atoms with van der Waals surface area (Å²) in [5.74, 6) is -0.103. The van der Waals surface area contributed by atoms with Gasteiger partial charge >= 0.3 is 0 Å². The van der Waals surface area contributed by atoms with Crippen molar-refractivity contribution in [3.05, 3.63) is 40.7 Å². The van der Waals surface area contributed by atoms with Crippen LogP contribution in [0, 0.1) is 5.82 Å². The number of thiazole rings is 1. The van der Waals surface area contributed by atoms with E-state index in [-0.39, 0.29) is 11.6 Å². The van der Waals surface area contributed by atoms with E-state index in [0.29, 0.717) is 23.8 Å². The molecule has 3 nitrogen and oxygen atoms in total. The molecule has 1 heterocycles. The van der Waals surface area contributed by atoms with E-state index in [0.717, 1.165) is 23.4 Å². The first kappa shape index (κ1) is 13.2. The summed E-state index contributed by atoms with van der Waals surface area (Å²) in [6, 6.07) is 6.65.